The SMILES string of the molecule is CB(O)N1CC2C[C@@H]1CC2=O. The molecule has 1 unspecified atom stereocenters. The van der Waals surface area contributed by atoms with Crippen LogP contribution in [0.5, 0.6) is 0 Å². The van der Waals surface area contributed by atoms with Gasteiger partial charge in [0.05, 0.1) is 0 Å². The first kappa shape index (κ1) is 7.31. The van der Waals surface area contributed by atoms with E-state index >= 15 is 0 Å². The number of carbonyl (C=O) groups excluding carboxylic acids is 1. The number of hydrogen-bond acceptors (Lipinski definition) is 3. The summed E-state index contributed by atoms with van der Waals surface area (Å²) in [4.78, 5) is 13.1. The molecule has 0 radical (unpaired) electrons. The number of nitrogens with zero attached hydrogens (tertiary/aromatic N) is 1. The van der Waals surface area contributed by atoms with Crippen LogP contribution in [0.1, 0.15) is 12.8 Å². The van der Waals surface area contributed by atoms with Crippen LogP contribution in [0.2, 0.25) is 6.82 Å². The second-order valence-electron chi connectivity index (χ2n) is 3.59. The van der Waals surface area contributed by atoms with Crippen LogP contribution in [-0.2, 0) is 4.79 Å². The maximum absolute atomic E-state index is 11.1. The van der Waals surface area contributed by atoms with E-state index in [2.05, 4.69) is 0 Å². The first-order chi connectivity index (χ1) is 5.18. The summed E-state index contributed by atoms with van der Waals surface area (Å²) in [6, 6.07) is 0.340. The van der Waals surface area contributed by atoms with Gasteiger partial charge in [-0.25, -0.2) is 0 Å². The molecule has 0 spiro atoms. The van der Waals surface area contributed by atoms with E-state index < -0.39 is 0 Å². The van der Waals surface area contributed by atoms with Gasteiger partial charge in [0.15, 0.2) is 0 Å². The zero-order chi connectivity index (χ0) is 8.01. The molecule has 0 aromatic heterocycles. The van der Waals surface area contributed by atoms with E-state index in [1.165, 1.54) is 0 Å². The third kappa shape index (κ3) is 1.01. The zero-order valence-electron chi connectivity index (χ0n) is 6.66. The quantitative estimate of drug-likeness (QED) is 0.528. The van der Waals surface area contributed by atoms with Crippen LogP contribution in [0.15, 0.2) is 0 Å². The molecule has 2 atom stereocenters. The lowest BCUT2D eigenvalue weighted by Crippen LogP contribution is -2.44. The second-order valence-corrected chi connectivity index (χ2v) is 3.59. The van der Waals surface area contributed by atoms with Crippen LogP contribution >= 0.6 is 0 Å². The predicted molar refractivity (Wildman–Crippen MR) is 42.1 cm³/mol. The highest BCUT2D eigenvalue weighted by atomic mass is 16.2. The van der Waals surface area contributed by atoms with Crippen molar-refractivity contribution >= 4 is 12.8 Å². The fourth-order valence-electron chi connectivity index (χ4n) is 2.23. The second kappa shape index (κ2) is 2.32. The first-order valence-electron chi connectivity index (χ1n) is 4.15. The van der Waals surface area contributed by atoms with Crippen molar-refractivity contribution in [3.63, 3.8) is 0 Å². The summed E-state index contributed by atoms with van der Waals surface area (Å²) < 4.78 is 0. The molecular weight excluding hydrogens is 141 g/mol. The molecule has 4 heteroatoms. The molecule has 11 heavy (non-hydrogen) atoms. The highest BCUT2D eigenvalue weighted by Gasteiger charge is 2.45. The molecule has 1 aliphatic heterocycles. The summed E-state index contributed by atoms with van der Waals surface area (Å²) in [6.45, 7) is 2.55. The Balaban J connectivity index is 2.08. The smallest absolute Gasteiger partial charge is 0.376 e. The molecule has 1 saturated carbocycles. The number of hydrogen-bond donors (Lipinski definition) is 1. The van der Waals surface area contributed by atoms with E-state index in [0.29, 0.717) is 18.2 Å². The van der Waals surface area contributed by atoms with Crippen molar-refractivity contribution in [2.75, 3.05) is 6.54 Å². The van der Waals surface area contributed by atoms with Crippen LogP contribution < -0.4 is 0 Å². The van der Waals surface area contributed by atoms with Gasteiger partial charge in [-0.05, 0) is 19.8 Å². The molecule has 0 aromatic carbocycles. The predicted octanol–water partition coefficient (Wildman–Crippen LogP) is -0.240. The van der Waals surface area contributed by atoms with Gasteiger partial charge in [-0.1, -0.05) is 0 Å². The van der Waals surface area contributed by atoms with Crippen LogP contribution in [0.4, 0.5) is 0 Å². The molecule has 2 fully saturated rings. The monoisotopic (exact) mass is 153 g/mol. The maximum Gasteiger partial charge on any atom is 0.376 e. The Labute approximate surface area is 66.5 Å². The fraction of sp³-hybridized carbons (Fsp3) is 0.857. The van der Waals surface area contributed by atoms with Crippen molar-refractivity contribution in [2.45, 2.75) is 25.7 Å². The van der Waals surface area contributed by atoms with Gasteiger partial charge in [-0.15, -0.1) is 0 Å². The van der Waals surface area contributed by atoms with Crippen molar-refractivity contribution < 1.29 is 9.82 Å². The van der Waals surface area contributed by atoms with Gasteiger partial charge in [0, 0.05) is 18.4 Å². The largest absolute Gasteiger partial charge is 0.437 e. The van der Waals surface area contributed by atoms with Gasteiger partial charge in [0.1, 0.15) is 5.78 Å². The first-order valence-corrected chi connectivity index (χ1v) is 4.15. The normalized spacial score (nSPS) is 36.7. The Morgan fingerprint density at radius 3 is 2.82 bits per heavy atom. The van der Waals surface area contributed by atoms with E-state index in [1.807, 2.05) is 4.81 Å². The molecule has 1 heterocycles. The van der Waals surface area contributed by atoms with Crippen molar-refractivity contribution in [3.05, 3.63) is 0 Å². The molecule has 60 valence electrons. The van der Waals surface area contributed by atoms with E-state index in [9.17, 15) is 9.82 Å². The van der Waals surface area contributed by atoms with Gasteiger partial charge in [0.2, 0.25) is 0 Å². The number of ketones is 1. The minimum atomic E-state index is -0.377. The average Bonchev–Trinajstić information content (AvgIpc) is 2.43. The van der Waals surface area contributed by atoms with Crippen LogP contribution in [0.25, 0.3) is 0 Å². The van der Waals surface area contributed by atoms with Crippen LogP contribution in [0.3, 0.4) is 0 Å². The highest BCUT2D eigenvalue weighted by Crippen LogP contribution is 2.34. The van der Waals surface area contributed by atoms with Gasteiger partial charge in [-0.2, -0.15) is 0 Å². The van der Waals surface area contributed by atoms with Gasteiger partial charge < -0.3 is 9.83 Å². The van der Waals surface area contributed by atoms with E-state index in [-0.39, 0.29) is 13.0 Å². The Kier molecular flexibility index (Phi) is 1.54. The Hall–Kier alpha value is -0.345. The van der Waals surface area contributed by atoms with E-state index in [4.69, 9.17) is 0 Å². The Morgan fingerprint density at radius 2 is 2.45 bits per heavy atom. The average molecular weight is 153 g/mol. The Bertz CT molecular complexity index is 195. The summed E-state index contributed by atoms with van der Waals surface area (Å²) >= 11 is 0. The molecule has 0 aromatic rings. The van der Waals surface area contributed by atoms with Crippen molar-refractivity contribution in [3.8, 4) is 0 Å². The number of fused-ring (bicyclic) bond motifs is 2. The highest BCUT2D eigenvalue weighted by molar-refractivity contribution is 6.45. The number of rotatable bonds is 1. The standard InChI is InChI=1S/C7H12BNO2/c1-8(11)9-4-5-2-6(9)3-7(5)10/h5-6,11H,2-4H2,1H3/t5?,6-/m1/s1. The number of piperidine rings is 1. The fourth-order valence-corrected chi connectivity index (χ4v) is 2.23. The van der Waals surface area contributed by atoms with Crippen LogP contribution in [0, 0.1) is 5.92 Å². The van der Waals surface area contributed by atoms with Crippen molar-refractivity contribution in [1.29, 1.82) is 0 Å². The summed E-state index contributed by atoms with van der Waals surface area (Å²) in [5.41, 5.74) is 0. The topological polar surface area (TPSA) is 40.5 Å². The van der Waals surface area contributed by atoms with Crippen molar-refractivity contribution in [2.24, 2.45) is 5.92 Å². The molecule has 1 saturated heterocycles. The third-order valence-corrected chi connectivity index (χ3v) is 2.83. The Morgan fingerprint density at radius 1 is 1.73 bits per heavy atom. The molecule has 2 bridgehead atoms. The van der Waals surface area contributed by atoms with E-state index in [0.717, 1.165) is 13.0 Å². The molecule has 0 amide bonds. The lowest BCUT2D eigenvalue weighted by atomic mass is 9.82. The third-order valence-electron chi connectivity index (χ3n) is 2.83. The number of carbonyl (C=O) groups is 1. The van der Waals surface area contributed by atoms with Crippen LogP contribution in [-0.4, -0.2) is 35.3 Å². The van der Waals surface area contributed by atoms with Gasteiger partial charge in [-0.3, -0.25) is 4.79 Å². The summed E-state index contributed by atoms with van der Waals surface area (Å²) in [5.74, 6) is 0.626. The molecule has 1 N–H and O–H groups in total. The van der Waals surface area contributed by atoms with E-state index in [1.54, 1.807) is 6.82 Å². The van der Waals surface area contributed by atoms with Crippen molar-refractivity contribution in [1.82, 2.24) is 4.81 Å². The summed E-state index contributed by atoms with van der Waals surface area (Å²) in [5, 5.41) is 9.28. The lowest BCUT2D eigenvalue weighted by molar-refractivity contribution is -0.122. The number of Topliss-reactive ketones (excluding diaryl/α,β-unsaturated/α-hetero) is 1. The minimum Gasteiger partial charge on any atom is -0.437 e. The molecule has 2 aliphatic rings. The molecule has 1 aliphatic carbocycles. The lowest BCUT2D eigenvalue weighted by Gasteiger charge is -2.26. The van der Waals surface area contributed by atoms with Gasteiger partial charge >= 0.3 is 7.05 Å². The summed E-state index contributed by atoms with van der Waals surface area (Å²) in [6.07, 6.45) is 1.64. The zero-order valence-corrected chi connectivity index (χ0v) is 6.66. The molecule has 2 rings (SSSR count). The van der Waals surface area contributed by atoms with Gasteiger partial charge in [0.25, 0.3) is 0 Å². The maximum atomic E-state index is 11.1. The molecule has 3 nitrogen and oxygen atoms in total. The molecular formula is C7H12BNO2. The minimum absolute atomic E-state index is 0.231. The summed E-state index contributed by atoms with van der Waals surface area (Å²) in [7, 11) is -0.377.